The maximum atomic E-state index is 13.2. The number of rotatable bonds is 1. The van der Waals surface area contributed by atoms with Gasteiger partial charge in [0.15, 0.2) is 0 Å². The lowest BCUT2D eigenvalue weighted by Crippen LogP contribution is -1.91. The van der Waals surface area contributed by atoms with Gasteiger partial charge in [0.2, 0.25) is 5.95 Å². The Bertz CT molecular complexity index is 459. The Morgan fingerprint density at radius 2 is 2.07 bits per heavy atom. The van der Waals surface area contributed by atoms with Gasteiger partial charge in [-0.15, -0.1) is 0 Å². The number of benzene rings is 1. The zero-order chi connectivity index (χ0) is 9.97. The standard InChI is InChI=1S/C10H5BrFN2/c11-8-3-1-2-7(6-8)9-10(12)14-5-4-13-9/h1-2,4-6H. The van der Waals surface area contributed by atoms with Crippen molar-refractivity contribution in [3.63, 3.8) is 0 Å². The number of halogens is 2. The summed E-state index contributed by atoms with van der Waals surface area (Å²) >= 11 is 3.26. The van der Waals surface area contributed by atoms with Crippen LogP contribution < -0.4 is 0 Å². The minimum atomic E-state index is -0.564. The van der Waals surface area contributed by atoms with Crippen molar-refractivity contribution in [3.8, 4) is 11.3 Å². The van der Waals surface area contributed by atoms with Crippen LogP contribution in [0.2, 0.25) is 0 Å². The predicted molar refractivity (Wildman–Crippen MR) is 54.0 cm³/mol. The van der Waals surface area contributed by atoms with Gasteiger partial charge in [0, 0.05) is 22.4 Å². The van der Waals surface area contributed by atoms with Crippen LogP contribution in [-0.2, 0) is 0 Å². The number of nitrogens with zero attached hydrogens (tertiary/aromatic N) is 2. The lowest BCUT2D eigenvalue weighted by molar-refractivity contribution is 0.581. The van der Waals surface area contributed by atoms with E-state index in [9.17, 15) is 4.39 Å². The number of hydrogen-bond acceptors (Lipinski definition) is 2. The first-order chi connectivity index (χ1) is 6.77. The van der Waals surface area contributed by atoms with E-state index < -0.39 is 5.95 Å². The molecule has 0 N–H and O–H groups in total. The first kappa shape index (κ1) is 9.27. The number of aromatic nitrogens is 2. The summed E-state index contributed by atoms with van der Waals surface area (Å²) in [5, 5.41) is 0. The van der Waals surface area contributed by atoms with Crippen molar-refractivity contribution in [2.45, 2.75) is 0 Å². The van der Waals surface area contributed by atoms with Crippen LogP contribution in [0.25, 0.3) is 11.3 Å². The van der Waals surface area contributed by atoms with Crippen molar-refractivity contribution in [1.29, 1.82) is 0 Å². The Morgan fingerprint density at radius 1 is 1.29 bits per heavy atom. The van der Waals surface area contributed by atoms with Crippen molar-refractivity contribution < 1.29 is 4.39 Å². The Kier molecular flexibility index (Phi) is 2.54. The van der Waals surface area contributed by atoms with Gasteiger partial charge in [0.25, 0.3) is 0 Å². The van der Waals surface area contributed by atoms with Crippen molar-refractivity contribution in [2.24, 2.45) is 0 Å². The average molecular weight is 252 g/mol. The third kappa shape index (κ3) is 1.80. The van der Waals surface area contributed by atoms with Crippen LogP contribution in [0.3, 0.4) is 0 Å². The maximum Gasteiger partial charge on any atom is 0.239 e. The van der Waals surface area contributed by atoms with Crippen LogP contribution in [0.5, 0.6) is 0 Å². The molecule has 0 saturated heterocycles. The van der Waals surface area contributed by atoms with Crippen molar-refractivity contribution in [2.75, 3.05) is 0 Å². The van der Waals surface area contributed by atoms with Crippen LogP contribution in [0.15, 0.2) is 35.1 Å². The first-order valence-corrected chi connectivity index (χ1v) is 4.71. The smallest absolute Gasteiger partial charge is 0.239 e. The third-order valence-corrected chi connectivity index (χ3v) is 2.15. The predicted octanol–water partition coefficient (Wildman–Crippen LogP) is 2.85. The normalized spacial score (nSPS) is 10.1. The molecule has 4 heteroatoms. The summed E-state index contributed by atoms with van der Waals surface area (Å²) in [7, 11) is 0. The van der Waals surface area contributed by atoms with E-state index in [0.717, 1.165) is 4.47 Å². The monoisotopic (exact) mass is 251 g/mol. The fraction of sp³-hybridized carbons (Fsp3) is 0. The molecular weight excluding hydrogens is 247 g/mol. The summed E-state index contributed by atoms with van der Waals surface area (Å²) in [5.41, 5.74) is 0.934. The van der Waals surface area contributed by atoms with E-state index in [-0.39, 0.29) is 5.69 Å². The summed E-state index contributed by atoms with van der Waals surface area (Å²) < 4.78 is 14.0. The Morgan fingerprint density at radius 3 is 2.79 bits per heavy atom. The zero-order valence-electron chi connectivity index (χ0n) is 7.04. The molecule has 69 valence electrons. The molecule has 2 nitrogen and oxygen atoms in total. The Hall–Kier alpha value is -1.29. The molecule has 1 radical (unpaired) electrons. The van der Waals surface area contributed by atoms with E-state index >= 15 is 0 Å². The van der Waals surface area contributed by atoms with Gasteiger partial charge in [-0.1, -0.05) is 28.1 Å². The summed E-state index contributed by atoms with van der Waals surface area (Å²) in [6.45, 7) is 0. The van der Waals surface area contributed by atoms with Crippen LogP contribution in [0.4, 0.5) is 4.39 Å². The summed E-state index contributed by atoms with van der Waals surface area (Å²) in [6.07, 6.45) is 2.78. The molecule has 0 aliphatic carbocycles. The van der Waals surface area contributed by atoms with Crippen LogP contribution in [-0.4, -0.2) is 9.97 Å². The molecule has 1 heterocycles. The van der Waals surface area contributed by atoms with E-state index in [1.54, 1.807) is 18.2 Å². The molecule has 0 fully saturated rings. The SMILES string of the molecule is Fc1nccnc1-c1cc[c]c(Br)c1. The molecule has 0 aliphatic rings. The van der Waals surface area contributed by atoms with E-state index in [0.29, 0.717) is 5.56 Å². The lowest BCUT2D eigenvalue weighted by Gasteiger charge is -2.00. The van der Waals surface area contributed by atoms with Crippen LogP contribution in [0, 0.1) is 12.0 Å². The van der Waals surface area contributed by atoms with Gasteiger partial charge in [-0.3, -0.25) is 0 Å². The van der Waals surface area contributed by atoms with Gasteiger partial charge >= 0.3 is 0 Å². The summed E-state index contributed by atoms with van der Waals surface area (Å²) in [4.78, 5) is 7.45. The van der Waals surface area contributed by atoms with Gasteiger partial charge < -0.3 is 0 Å². The van der Waals surface area contributed by atoms with Gasteiger partial charge in [0.1, 0.15) is 5.69 Å². The minimum absolute atomic E-state index is 0.252. The molecule has 0 unspecified atom stereocenters. The molecule has 0 saturated carbocycles. The van der Waals surface area contributed by atoms with E-state index in [1.807, 2.05) is 0 Å². The van der Waals surface area contributed by atoms with Crippen LogP contribution in [0.1, 0.15) is 0 Å². The highest BCUT2D eigenvalue weighted by Gasteiger charge is 2.06. The molecule has 0 aliphatic heterocycles. The quantitative estimate of drug-likeness (QED) is 0.779. The molecule has 2 aromatic rings. The molecule has 0 bridgehead atoms. The molecular formula is C10H5BrFN2. The second-order valence-corrected chi connectivity index (χ2v) is 3.48. The maximum absolute atomic E-state index is 13.2. The van der Waals surface area contributed by atoms with Gasteiger partial charge in [-0.05, 0) is 12.1 Å². The lowest BCUT2D eigenvalue weighted by atomic mass is 10.2. The largest absolute Gasteiger partial charge is 0.250 e. The van der Waals surface area contributed by atoms with E-state index in [4.69, 9.17) is 0 Å². The van der Waals surface area contributed by atoms with E-state index in [1.165, 1.54) is 12.4 Å². The highest BCUT2D eigenvalue weighted by molar-refractivity contribution is 9.10. The number of hydrogen-bond donors (Lipinski definition) is 0. The second kappa shape index (κ2) is 3.84. The first-order valence-electron chi connectivity index (χ1n) is 3.91. The molecule has 14 heavy (non-hydrogen) atoms. The van der Waals surface area contributed by atoms with Crippen molar-refractivity contribution in [1.82, 2.24) is 9.97 Å². The van der Waals surface area contributed by atoms with Gasteiger partial charge in [-0.25, -0.2) is 9.97 Å². The van der Waals surface area contributed by atoms with E-state index in [2.05, 4.69) is 32.0 Å². The minimum Gasteiger partial charge on any atom is -0.250 e. The van der Waals surface area contributed by atoms with Crippen molar-refractivity contribution >= 4 is 15.9 Å². The van der Waals surface area contributed by atoms with Gasteiger partial charge in [-0.2, -0.15) is 4.39 Å². The zero-order valence-corrected chi connectivity index (χ0v) is 8.62. The topological polar surface area (TPSA) is 25.8 Å². The highest BCUT2D eigenvalue weighted by atomic mass is 79.9. The fourth-order valence-electron chi connectivity index (χ4n) is 1.10. The molecule has 1 aromatic heterocycles. The Labute approximate surface area is 89.0 Å². The average Bonchev–Trinajstić information content (AvgIpc) is 2.18. The third-order valence-electron chi connectivity index (χ3n) is 1.69. The molecule has 0 amide bonds. The summed E-state index contributed by atoms with van der Waals surface area (Å²) in [6, 6.07) is 8.09. The second-order valence-electron chi connectivity index (χ2n) is 2.62. The highest BCUT2D eigenvalue weighted by Crippen LogP contribution is 2.21. The Balaban J connectivity index is 2.55. The van der Waals surface area contributed by atoms with Gasteiger partial charge in [0.05, 0.1) is 0 Å². The fourth-order valence-corrected chi connectivity index (χ4v) is 1.48. The van der Waals surface area contributed by atoms with Crippen LogP contribution >= 0.6 is 15.9 Å². The molecule has 0 spiro atoms. The molecule has 1 aromatic carbocycles. The molecule has 2 rings (SSSR count). The van der Waals surface area contributed by atoms with Crippen molar-refractivity contribution in [3.05, 3.63) is 47.1 Å². The molecule has 0 atom stereocenters. The summed E-state index contributed by atoms with van der Waals surface area (Å²) in [5.74, 6) is -0.564.